The van der Waals surface area contributed by atoms with E-state index in [2.05, 4.69) is 12.2 Å². The predicted molar refractivity (Wildman–Crippen MR) is 121 cm³/mol. The van der Waals surface area contributed by atoms with Crippen molar-refractivity contribution in [2.75, 3.05) is 26.1 Å². The maximum Gasteiger partial charge on any atom is 0.339 e. The normalized spacial score (nSPS) is 15.0. The number of rotatable bonds is 6. The Morgan fingerprint density at radius 3 is 2.72 bits per heavy atom. The summed E-state index contributed by atoms with van der Waals surface area (Å²) in [5.74, 6) is 0.531. The van der Waals surface area contributed by atoms with Gasteiger partial charge in [0.1, 0.15) is 11.5 Å². The molecule has 3 aromatic rings. The largest absolute Gasteiger partial charge is 0.497 e. The monoisotopic (exact) mass is 434 g/mol. The lowest BCUT2D eigenvalue weighted by Crippen LogP contribution is -2.23. The van der Waals surface area contributed by atoms with Crippen LogP contribution < -0.4 is 14.8 Å². The Balaban J connectivity index is 1.55. The molecule has 4 rings (SSSR count). The standard InChI is InChI=1S/C25H26N2O5/c1-15-8-10-20-18(12-15)24(17-6-4-5-7-19(17)26-20)25(29)32-14-23(28)27-21-13-16(30-2)9-11-22(21)31-3/h4-7,9,11,13,15H,8,10,12,14H2,1-3H3,(H,27,28). The van der Waals surface area contributed by atoms with E-state index in [9.17, 15) is 9.59 Å². The number of benzene rings is 2. The Morgan fingerprint density at radius 1 is 1.12 bits per heavy atom. The molecule has 0 fully saturated rings. The molecule has 1 aliphatic rings. The molecular weight excluding hydrogens is 408 g/mol. The number of ether oxygens (including phenoxy) is 3. The third-order valence-electron chi connectivity index (χ3n) is 5.72. The summed E-state index contributed by atoms with van der Waals surface area (Å²) in [6.07, 6.45) is 2.64. The van der Waals surface area contributed by atoms with E-state index in [0.717, 1.165) is 41.4 Å². The van der Waals surface area contributed by atoms with E-state index in [1.807, 2.05) is 24.3 Å². The van der Waals surface area contributed by atoms with Crippen LogP contribution in [-0.4, -0.2) is 37.7 Å². The highest BCUT2D eigenvalue weighted by Gasteiger charge is 2.26. The first-order valence-electron chi connectivity index (χ1n) is 10.6. The molecule has 0 bridgehead atoms. The zero-order valence-corrected chi connectivity index (χ0v) is 18.4. The van der Waals surface area contributed by atoms with Gasteiger partial charge in [0, 0.05) is 17.1 Å². The van der Waals surface area contributed by atoms with Crippen LogP contribution in [0.2, 0.25) is 0 Å². The number of methoxy groups -OCH3 is 2. The number of amides is 1. The van der Waals surface area contributed by atoms with Crippen LogP contribution in [0.1, 0.15) is 35.0 Å². The number of nitrogens with one attached hydrogen (secondary N) is 1. The number of pyridine rings is 1. The second-order valence-electron chi connectivity index (χ2n) is 7.97. The SMILES string of the molecule is COc1ccc(OC)c(NC(=O)COC(=O)c2c3c(nc4ccccc24)CCC(C)C3)c1. The van der Waals surface area contributed by atoms with Gasteiger partial charge in [0.05, 0.1) is 31.0 Å². The molecule has 1 N–H and O–H groups in total. The number of carbonyl (C=O) groups is 2. The molecular formula is C25H26N2O5. The van der Waals surface area contributed by atoms with Gasteiger partial charge in [-0.25, -0.2) is 4.79 Å². The lowest BCUT2D eigenvalue weighted by Gasteiger charge is -2.24. The predicted octanol–water partition coefficient (Wildman–Crippen LogP) is 4.17. The molecule has 0 saturated carbocycles. The van der Waals surface area contributed by atoms with Crippen molar-refractivity contribution in [3.63, 3.8) is 0 Å². The summed E-state index contributed by atoms with van der Waals surface area (Å²) in [5.41, 5.74) is 3.59. The first kappa shape index (κ1) is 21.6. The lowest BCUT2D eigenvalue weighted by atomic mass is 9.84. The number of carbonyl (C=O) groups excluding carboxylic acids is 2. The average molecular weight is 434 g/mol. The molecule has 1 amide bonds. The molecule has 1 unspecified atom stereocenters. The number of nitrogens with zero attached hydrogens (tertiary/aromatic N) is 1. The number of aryl methyl sites for hydroxylation is 1. The highest BCUT2D eigenvalue weighted by atomic mass is 16.5. The maximum atomic E-state index is 13.1. The van der Waals surface area contributed by atoms with Crippen molar-refractivity contribution in [2.24, 2.45) is 5.92 Å². The fraction of sp³-hybridized carbons (Fsp3) is 0.320. The summed E-state index contributed by atoms with van der Waals surface area (Å²) in [7, 11) is 3.05. The Labute approximate surface area is 186 Å². The van der Waals surface area contributed by atoms with Crippen molar-refractivity contribution in [1.29, 1.82) is 0 Å². The van der Waals surface area contributed by atoms with Gasteiger partial charge in [-0.1, -0.05) is 25.1 Å². The minimum atomic E-state index is -0.512. The average Bonchev–Trinajstić information content (AvgIpc) is 2.81. The minimum Gasteiger partial charge on any atom is -0.497 e. The molecule has 32 heavy (non-hydrogen) atoms. The van der Waals surface area contributed by atoms with Crippen molar-refractivity contribution in [3.05, 3.63) is 59.3 Å². The number of para-hydroxylation sites is 1. The minimum absolute atomic E-state index is 0.416. The first-order valence-corrected chi connectivity index (χ1v) is 10.6. The van der Waals surface area contributed by atoms with Gasteiger partial charge in [0.25, 0.3) is 5.91 Å². The summed E-state index contributed by atoms with van der Waals surface area (Å²) in [5, 5.41) is 3.47. The van der Waals surface area contributed by atoms with E-state index < -0.39 is 18.5 Å². The Hall–Kier alpha value is -3.61. The molecule has 0 spiro atoms. The molecule has 7 nitrogen and oxygen atoms in total. The van der Waals surface area contributed by atoms with Gasteiger partial charge in [-0.2, -0.15) is 0 Å². The fourth-order valence-electron chi connectivity index (χ4n) is 4.10. The van der Waals surface area contributed by atoms with Crippen molar-refractivity contribution < 1.29 is 23.8 Å². The summed E-state index contributed by atoms with van der Waals surface area (Å²) >= 11 is 0. The van der Waals surface area contributed by atoms with Crippen LogP contribution in [0.15, 0.2) is 42.5 Å². The molecule has 1 atom stereocenters. The van der Waals surface area contributed by atoms with Crippen LogP contribution in [-0.2, 0) is 22.4 Å². The van der Waals surface area contributed by atoms with Crippen LogP contribution in [0.5, 0.6) is 11.5 Å². The van der Waals surface area contributed by atoms with Gasteiger partial charge in [-0.05, 0) is 48.9 Å². The topological polar surface area (TPSA) is 86.8 Å². The van der Waals surface area contributed by atoms with Crippen LogP contribution in [0, 0.1) is 5.92 Å². The molecule has 0 radical (unpaired) electrons. The lowest BCUT2D eigenvalue weighted by molar-refractivity contribution is -0.119. The molecule has 166 valence electrons. The summed E-state index contributed by atoms with van der Waals surface area (Å²) in [6, 6.07) is 12.6. The first-order chi connectivity index (χ1) is 15.5. The van der Waals surface area contributed by atoms with E-state index in [1.165, 1.54) is 14.2 Å². The number of hydrogen-bond donors (Lipinski definition) is 1. The highest BCUT2D eigenvalue weighted by molar-refractivity contribution is 6.06. The van der Waals surface area contributed by atoms with E-state index >= 15 is 0 Å². The second-order valence-corrected chi connectivity index (χ2v) is 7.97. The highest BCUT2D eigenvalue weighted by Crippen LogP contribution is 2.32. The summed E-state index contributed by atoms with van der Waals surface area (Å²) in [6.45, 7) is 1.75. The van der Waals surface area contributed by atoms with Crippen LogP contribution in [0.25, 0.3) is 10.9 Å². The third-order valence-corrected chi connectivity index (χ3v) is 5.72. The Morgan fingerprint density at radius 2 is 1.94 bits per heavy atom. The molecule has 0 saturated heterocycles. The number of fused-ring (bicyclic) bond motifs is 2. The van der Waals surface area contributed by atoms with Gasteiger partial charge >= 0.3 is 5.97 Å². The molecule has 2 aromatic carbocycles. The summed E-state index contributed by atoms with van der Waals surface area (Å²) < 4.78 is 15.9. The van der Waals surface area contributed by atoms with Crippen LogP contribution >= 0.6 is 0 Å². The maximum absolute atomic E-state index is 13.1. The van der Waals surface area contributed by atoms with Gasteiger partial charge < -0.3 is 19.5 Å². The van der Waals surface area contributed by atoms with Crippen molar-refractivity contribution in [3.8, 4) is 11.5 Å². The molecule has 0 aliphatic heterocycles. The van der Waals surface area contributed by atoms with Crippen molar-refractivity contribution in [2.45, 2.75) is 26.2 Å². The molecule has 7 heteroatoms. The van der Waals surface area contributed by atoms with Crippen molar-refractivity contribution >= 4 is 28.5 Å². The smallest absolute Gasteiger partial charge is 0.339 e. The number of hydrogen-bond acceptors (Lipinski definition) is 6. The molecule has 1 heterocycles. The van der Waals surface area contributed by atoms with Crippen molar-refractivity contribution in [1.82, 2.24) is 4.98 Å². The van der Waals surface area contributed by atoms with Crippen LogP contribution in [0.4, 0.5) is 5.69 Å². The number of anilines is 1. The summed E-state index contributed by atoms with van der Waals surface area (Å²) in [4.78, 5) is 30.4. The van der Waals surface area contributed by atoms with E-state index in [0.29, 0.717) is 28.7 Å². The fourth-order valence-corrected chi connectivity index (χ4v) is 4.10. The van der Waals surface area contributed by atoms with Gasteiger partial charge in [-0.3, -0.25) is 9.78 Å². The number of aromatic nitrogens is 1. The van der Waals surface area contributed by atoms with Crippen LogP contribution in [0.3, 0.4) is 0 Å². The Bertz CT molecular complexity index is 1170. The van der Waals surface area contributed by atoms with Gasteiger partial charge in [0.15, 0.2) is 6.61 Å². The zero-order valence-electron chi connectivity index (χ0n) is 18.4. The third kappa shape index (κ3) is 4.37. The quantitative estimate of drug-likeness (QED) is 0.586. The van der Waals surface area contributed by atoms with E-state index in [-0.39, 0.29) is 0 Å². The zero-order chi connectivity index (χ0) is 22.7. The molecule has 1 aliphatic carbocycles. The van der Waals surface area contributed by atoms with Gasteiger partial charge in [-0.15, -0.1) is 0 Å². The van der Waals surface area contributed by atoms with E-state index in [1.54, 1.807) is 18.2 Å². The van der Waals surface area contributed by atoms with E-state index in [4.69, 9.17) is 19.2 Å². The number of esters is 1. The molecule has 1 aromatic heterocycles. The van der Waals surface area contributed by atoms with Gasteiger partial charge in [0.2, 0.25) is 0 Å². The Kier molecular flexibility index (Phi) is 6.25. The second kappa shape index (κ2) is 9.26.